The zero-order valence-electron chi connectivity index (χ0n) is 11.4. The molecule has 1 aliphatic rings. The highest BCUT2D eigenvalue weighted by atomic mass is 32.2. The monoisotopic (exact) mass is 291 g/mol. The van der Waals surface area contributed by atoms with Crippen LogP contribution in [0.1, 0.15) is 39.0 Å². The van der Waals surface area contributed by atoms with E-state index >= 15 is 0 Å². The average molecular weight is 291 g/mol. The molecule has 0 N–H and O–H groups in total. The predicted octanol–water partition coefficient (Wildman–Crippen LogP) is 0.713. The van der Waals surface area contributed by atoms with Gasteiger partial charge in [-0.05, 0) is 19.8 Å². The molecule has 0 heterocycles. The summed E-state index contributed by atoms with van der Waals surface area (Å²) < 4.78 is 30.1. The molecule has 0 spiro atoms. The number of nitrogens with zero attached hydrogens (tertiary/aromatic N) is 1. The molecule has 7 heteroatoms. The van der Waals surface area contributed by atoms with E-state index < -0.39 is 16.0 Å². The highest BCUT2D eigenvalue weighted by Crippen LogP contribution is 2.22. The second-order valence-corrected chi connectivity index (χ2v) is 6.81. The Morgan fingerprint density at radius 2 is 1.95 bits per heavy atom. The lowest BCUT2D eigenvalue weighted by Crippen LogP contribution is -2.41. The molecule has 0 aromatic rings. The van der Waals surface area contributed by atoms with Crippen LogP contribution in [0.15, 0.2) is 0 Å². The summed E-state index contributed by atoms with van der Waals surface area (Å²) in [5.41, 5.74) is 0. The molecule has 0 bridgehead atoms. The molecule has 0 unspecified atom stereocenters. The summed E-state index contributed by atoms with van der Waals surface area (Å²) in [5, 5.41) is 0. The van der Waals surface area contributed by atoms with Crippen molar-refractivity contribution in [2.45, 2.75) is 45.1 Å². The number of sulfonamides is 1. The summed E-state index contributed by atoms with van der Waals surface area (Å²) in [6, 6.07) is -0.134. The van der Waals surface area contributed by atoms with Crippen molar-refractivity contribution < 1.29 is 22.7 Å². The Balaban J connectivity index is 2.51. The molecule has 110 valence electrons. The van der Waals surface area contributed by atoms with Crippen molar-refractivity contribution in [3.8, 4) is 0 Å². The molecule has 0 aromatic carbocycles. The van der Waals surface area contributed by atoms with Gasteiger partial charge in [-0.3, -0.25) is 9.59 Å². The highest BCUT2D eigenvalue weighted by Gasteiger charge is 2.29. The first-order valence-electron chi connectivity index (χ1n) is 6.50. The fourth-order valence-electron chi connectivity index (χ4n) is 2.10. The minimum atomic E-state index is -3.47. The zero-order valence-corrected chi connectivity index (χ0v) is 12.2. The standard InChI is InChI=1S/C12H21NO5S/c1-3-18-12(15)8-9-19(16,17)13(2)10-4-6-11(14)7-5-10/h10H,3-9H2,1-2H3. The van der Waals surface area contributed by atoms with Gasteiger partial charge in [0.2, 0.25) is 10.0 Å². The Morgan fingerprint density at radius 3 is 2.47 bits per heavy atom. The van der Waals surface area contributed by atoms with Crippen LogP contribution in [0.3, 0.4) is 0 Å². The van der Waals surface area contributed by atoms with E-state index in [1.165, 1.54) is 11.4 Å². The van der Waals surface area contributed by atoms with E-state index in [9.17, 15) is 18.0 Å². The normalized spacial score (nSPS) is 17.7. The molecule has 1 fully saturated rings. The van der Waals surface area contributed by atoms with E-state index in [4.69, 9.17) is 4.74 Å². The van der Waals surface area contributed by atoms with Gasteiger partial charge in [-0.2, -0.15) is 0 Å². The third kappa shape index (κ3) is 4.91. The molecule has 0 aromatic heterocycles. The minimum absolute atomic E-state index is 0.133. The van der Waals surface area contributed by atoms with Crippen LogP contribution in [0.5, 0.6) is 0 Å². The van der Waals surface area contributed by atoms with Gasteiger partial charge in [0.05, 0.1) is 18.8 Å². The maximum absolute atomic E-state index is 12.1. The molecular weight excluding hydrogens is 270 g/mol. The van der Waals surface area contributed by atoms with E-state index in [0.29, 0.717) is 25.7 Å². The van der Waals surface area contributed by atoms with Crippen LogP contribution >= 0.6 is 0 Å². The molecule has 1 aliphatic carbocycles. The van der Waals surface area contributed by atoms with Crippen molar-refractivity contribution in [1.82, 2.24) is 4.31 Å². The first kappa shape index (κ1) is 16.1. The van der Waals surface area contributed by atoms with Gasteiger partial charge in [0.1, 0.15) is 5.78 Å². The second-order valence-electron chi connectivity index (χ2n) is 4.66. The summed E-state index contributed by atoms with van der Waals surface area (Å²) in [7, 11) is -1.95. The van der Waals surface area contributed by atoms with Gasteiger partial charge in [0.15, 0.2) is 0 Å². The Bertz CT molecular complexity index is 421. The molecule has 0 amide bonds. The smallest absolute Gasteiger partial charge is 0.306 e. The predicted molar refractivity (Wildman–Crippen MR) is 70.1 cm³/mol. The fraction of sp³-hybridized carbons (Fsp3) is 0.833. The van der Waals surface area contributed by atoms with E-state index in [-0.39, 0.29) is 30.6 Å². The van der Waals surface area contributed by atoms with E-state index in [1.54, 1.807) is 6.92 Å². The van der Waals surface area contributed by atoms with Gasteiger partial charge in [0, 0.05) is 25.9 Å². The number of ketones is 1. The number of Topliss-reactive ketones (excluding diaryl/α,β-unsaturated/α-hetero) is 1. The molecule has 1 saturated carbocycles. The highest BCUT2D eigenvalue weighted by molar-refractivity contribution is 7.89. The van der Waals surface area contributed by atoms with Crippen LogP contribution in [0.2, 0.25) is 0 Å². The second kappa shape index (κ2) is 7.00. The van der Waals surface area contributed by atoms with Gasteiger partial charge < -0.3 is 4.74 Å². The van der Waals surface area contributed by atoms with Gasteiger partial charge in [-0.25, -0.2) is 12.7 Å². The van der Waals surface area contributed by atoms with Gasteiger partial charge >= 0.3 is 5.97 Å². The van der Waals surface area contributed by atoms with Crippen molar-refractivity contribution >= 4 is 21.8 Å². The van der Waals surface area contributed by atoms with Crippen molar-refractivity contribution in [3.63, 3.8) is 0 Å². The molecular formula is C12H21NO5S. The molecule has 0 atom stereocenters. The number of ether oxygens (including phenoxy) is 1. The summed E-state index contributed by atoms with van der Waals surface area (Å²) in [6.07, 6.45) is 1.86. The first-order chi connectivity index (χ1) is 8.86. The van der Waals surface area contributed by atoms with E-state index in [2.05, 4.69) is 0 Å². The van der Waals surface area contributed by atoms with Crippen LogP contribution in [-0.2, 0) is 24.3 Å². The topological polar surface area (TPSA) is 80.8 Å². The Labute approximate surface area is 114 Å². The Morgan fingerprint density at radius 1 is 1.37 bits per heavy atom. The van der Waals surface area contributed by atoms with Crippen LogP contribution in [0.4, 0.5) is 0 Å². The lowest BCUT2D eigenvalue weighted by molar-refractivity contribution is -0.142. The van der Waals surface area contributed by atoms with Crippen LogP contribution in [-0.4, -0.2) is 49.9 Å². The zero-order chi connectivity index (χ0) is 14.5. The SMILES string of the molecule is CCOC(=O)CCS(=O)(=O)N(C)C1CCC(=O)CC1. The third-order valence-corrected chi connectivity index (χ3v) is 5.23. The van der Waals surface area contributed by atoms with Crippen LogP contribution in [0, 0.1) is 0 Å². The molecule has 0 saturated heterocycles. The van der Waals surface area contributed by atoms with Gasteiger partial charge in [0.25, 0.3) is 0 Å². The van der Waals surface area contributed by atoms with Crippen molar-refractivity contribution in [3.05, 3.63) is 0 Å². The van der Waals surface area contributed by atoms with Gasteiger partial charge in [-0.15, -0.1) is 0 Å². The largest absolute Gasteiger partial charge is 0.466 e. The van der Waals surface area contributed by atoms with Crippen LogP contribution < -0.4 is 0 Å². The number of rotatable bonds is 6. The summed E-state index contributed by atoms with van der Waals surface area (Å²) >= 11 is 0. The first-order valence-corrected chi connectivity index (χ1v) is 8.10. The van der Waals surface area contributed by atoms with Crippen molar-refractivity contribution in [2.75, 3.05) is 19.4 Å². The van der Waals surface area contributed by atoms with E-state index in [0.717, 1.165) is 0 Å². The van der Waals surface area contributed by atoms with Crippen LogP contribution in [0.25, 0.3) is 0 Å². The Hall–Kier alpha value is -0.950. The minimum Gasteiger partial charge on any atom is -0.466 e. The number of esters is 1. The molecule has 6 nitrogen and oxygen atoms in total. The molecule has 0 aliphatic heterocycles. The number of carbonyl (C=O) groups is 2. The molecule has 1 rings (SSSR count). The third-order valence-electron chi connectivity index (χ3n) is 3.34. The summed E-state index contributed by atoms with van der Waals surface area (Å²) in [5.74, 6) is -0.556. The lowest BCUT2D eigenvalue weighted by atomic mass is 9.95. The molecule has 19 heavy (non-hydrogen) atoms. The van der Waals surface area contributed by atoms with Crippen molar-refractivity contribution in [1.29, 1.82) is 0 Å². The van der Waals surface area contributed by atoms with Crippen molar-refractivity contribution in [2.24, 2.45) is 0 Å². The van der Waals surface area contributed by atoms with Gasteiger partial charge in [-0.1, -0.05) is 0 Å². The molecule has 0 radical (unpaired) electrons. The number of carbonyl (C=O) groups excluding carboxylic acids is 2. The fourth-order valence-corrected chi connectivity index (χ4v) is 3.48. The quantitative estimate of drug-likeness (QED) is 0.673. The maximum Gasteiger partial charge on any atom is 0.306 e. The lowest BCUT2D eigenvalue weighted by Gasteiger charge is -2.29. The summed E-state index contributed by atoms with van der Waals surface area (Å²) in [4.78, 5) is 22.3. The van der Waals surface area contributed by atoms with E-state index in [1.807, 2.05) is 0 Å². The summed E-state index contributed by atoms with van der Waals surface area (Å²) in [6.45, 7) is 1.93. The maximum atomic E-state index is 12.1. The Kier molecular flexibility index (Phi) is 5.93. The number of hydrogen-bond donors (Lipinski definition) is 0. The number of hydrogen-bond acceptors (Lipinski definition) is 5. The average Bonchev–Trinajstić information content (AvgIpc) is 2.37.